The quantitative estimate of drug-likeness (QED) is 0.824. The van der Waals surface area contributed by atoms with Crippen molar-refractivity contribution < 1.29 is 19.1 Å². The smallest absolute Gasteiger partial charge is 0.407 e. The van der Waals surface area contributed by atoms with Gasteiger partial charge in [-0.25, -0.2) is 9.78 Å². The Hall–Kier alpha value is -2.31. The zero-order valence-corrected chi connectivity index (χ0v) is 15.1. The molecule has 7 heteroatoms. The predicted octanol–water partition coefficient (Wildman–Crippen LogP) is 2.54. The summed E-state index contributed by atoms with van der Waals surface area (Å²) < 4.78 is 10.4. The van der Waals surface area contributed by atoms with Gasteiger partial charge in [-0.05, 0) is 45.1 Å². The maximum atomic E-state index is 12.2. The Morgan fingerprint density at radius 3 is 2.56 bits per heavy atom. The molecule has 1 saturated carbocycles. The molecule has 1 aliphatic rings. The van der Waals surface area contributed by atoms with Crippen LogP contribution in [0.3, 0.4) is 0 Å². The zero-order valence-electron chi connectivity index (χ0n) is 15.1. The maximum Gasteiger partial charge on any atom is 0.407 e. The molecule has 0 bridgehead atoms. The fourth-order valence-corrected chi connectivity index (χ4v) is 2.71. The summed E-state index contributed by atoms with van der Waals surface area (Å²) in [6.07, 6.45) is 7.19. The van der Waals surface area contributed by atoms with E-state index in [4.69, 9.17) is 4.74 Å². The number of hydrogen-bond acceptors (Lipinski definition) is 5. The normalized spacial score (nSPS) is 15.3. The van der Waals surface area contributed by atoms with Crippen LogP contribution in [0.15, 0.2) is 18.3 Å². The van der Waals surface area contributed by atoms with Crippen molar-refractivity contribution in [1.29, 1.82) is 0 Å². The molecule has 1 aliphatic carbocycles. The number of aromatic nitrogens is 1. The summed E-state index contributed by atoms with van der Waals surface area (Å²) in [5, 5.41) is 5.27. The number of amides is 2. The number of pyridine rings is 1. The van der Waals surface area contributed by atoms with Crippen LogP contribution in [-0.2, 0) is 16.1 Å². The largest absolute Gasteiger partial charge is 0.474 e. The van der Waals surface area contributed by atoms with Gasteiger partial charge in [0, 0.05) is 18.8 Å². The van der Waals surface area contributed by atoms with Crippen LogP contribution in [0.2, 0.25) is 0 Å². The monoisotopic (exact) mass is 349 g/mol. The second kappa shape index (κ2) is 8.69. The van der Waals surface area contributed by atoms with Crippen LogP contribution in [-0.4, -0.2) is 35.7 Å². The van der Waals surface area contributed by atoms with E-state index in [1.807, 2.05) is 12.1 Å². The summed E-state index contributed by atoms with van der Waals surface area (Å²) in [6.45, 7) is 3.54. The first-order valence-electron chi connectivity index (χ1n) is 8.67. The summed E-state index contributed by atoms with van der Waals surface area (Å²) in [5.74, 6) is 0.315. The second-order valence-corrected chi connectivity index (χ2v) is 6.81. The number of ether oxygens (including phenoxy) is 2. The predicted molar refractivity (Wildman–Crippen MR) is 93.2 cm³/mol. The highest BCUT2D eigenvalue weighted by Crippen LogP contribution is 2.22. The molecular formula is C18H27N3O4. The van der Waals surface area contributed by atoms with Crippen molar-refractivity contribution >= 4 is 12.0 Å². The fraction of sp³-hybridized carbons (Fsp3) is 0.611. The van der Waals surface area contributed by atoms with Crippen molar-refractivity contribution in [2.24, 2.45) is 0 Å². The SMILES string of the molecule is COC(=O)NC(C)(C)C(=O)NCc1ccc(OC2CCCCC2)nc1. The van der Waals surface area contributed by atoms with Crippen molar-refractivity contribution in [3.8, 4) is 5.88 Å². The van der Waals surface area contributed by atoms with Gasteiger partial charge in [-0.3, -0.25) is 4.79 Å². The van der Waals surface area contributed by atoms with Crippen LogP contribution in [0, 0.1) is 0 Å². The van der Waals surface area contributed by atoms with Gasteiger partial charge in [-0.15, -0.1) is 0 Å². The number of nitrogens with one attached hydrogen (secondary N) is 2. The first-order valence-corrected chi connectivity index (χ1v) is 8.67. The number of hydrogen-bond donors (Lipinski definition) is 2. The number of nitrogens with zero attached hydrogens (tertiary/aromatic N) is 1. The molecule has 0 unspecified atom stereocenters. The minimum atomic E-state index is -1.06. The molecular weight excluding hydrogens is 322 g/mol. The lowest BCUT2D eigenvalue weighted by molar-refractivity contribution is -0.126. The van der Waals surface area contributed by atoms with E-state index in [9.17, 15) is 9.59 Å². The van der Waals surface area contributed by atoms with Crippen molar-refractivity contribution in [2.45, 2.75) is 64.1 Å². The molecule has 0 aromatic carbocycles. The molecule has 25 heavy (non-hydrogen) atoms. The molecule has 0 radical (unpaired) electrons. The third-order valence-electron chi connectivity index (χ3n) is 4.26. The average molecular weight is 349 g/mol. The van der Waals surface area contributed by atoms with Gasteiger partial charge in [0.1, 0.15) is 11.6 Å². The summed E-state index contributed by atoms with van der Waals surface area (Å²) in [4.78, 5) is 27.8. The minimum absolute atomic E-state index is 0.261. The molecule has 2 rings (SSSR count). The molecule has 0 atom stereocenters. The third kappa shape index (κ3) is 5.92. The molecule has 1 aromatic heterocycles. The highest BCUT2D eigenvalue weighted by molar-refractivity contribution is 5.89. The van der Waals surface area contributed by atoms with Crippen LogP contribution in [0.4, 0.5) is 4.79 Å². The molecule has 1 fully saturated rings. The van der Waals surface area contributed by atoms with Crippen LogP contribution in [0.25, 0.3) is 0 Å². The lowest BCUT2D eigenvalue weighted by atomic mass is 9.98. The van der Waals surface area contributed by atoms with E-state index in [1.54, 1.807) is 20.0 Å². The topological polar surface area (TPSA) is 89.5 Å². The van der Waals surface area contributed by atoms with E-state index in [-0.39, 0.29) is 12.0 Å². The van der Waals surface area contributed by atoms with Gasteiger partial charge in [0.2, 0.25) is 11.8 Å². The lowest BCUT2D eigenvalue weighted by Gasteiger charge is -2.24. The highest BCUT2D eigenvalue weighted by atomic mass is 16.5. The van der Waals surface area contributed by atoms with Crippen LogP contribution >= 0.6 is 0 Å². The molecule has 2 N–H and O–H groups in total. The molecule has 2 amide bonds. The van der Waals surface area contributed by atoms with Crippen LogP contribution in [0.5, 0.6) is 5.88 Å². The van der Waals surface area contributed by atoms with Crippen molar-refractivity contribution in [3.63, 3.8) is 0 Å². The highest BCUT2D eigenvalue weighted by Gasteiger charge is 2.29. The number of rotatable bonds is 6. The van der Waals surface area contributed by atoms with Gasteiger partial charge in [-0.1, -0.05) is 12.5 Å². The van der Waals surface area contributed by atoms with Crippen LogP contribution < -0.4 is 15.4 Å². The minimum Gasteiger partial charge on any atom is -0.474 e. The molecule has 7 nitrogen and oxygen atoms in total. The number of carbonyl (C=O) groups excluding carboxylic acids is 2. The zero-order chi connectivity index (χ0) is 18.3. The molecule has 0 spiro atoms. The molecule has 1 aromatic rings. The Morgan fingerprint density at radius 2 is 1.96 bits per heavy atom. The van der Waals surface area contributed by atoms with E-state index >= 15 is 0 Å². The van der Waals surface area contributed by atoms with E-state index < -0.39 is 11.6 Å². The Labute approximate surface area is 148 Å². The summed E-state index contributed by atoms with van der Waals surface area (Å²) >= 11 is 0. The van der Waals surface area contributed by atoms with Crippen LogP contribution in [0.1, 0.15) is 51.5 Å². The Morgan fingerprint density at radius 1 is 1.24 bits per heavy atom. The second-order valence-electron chi connectivity index (χ2n) is 6.81. The summed E-state index contributed by atoms with van der Waals surface area (Å²) in [5.41, 5.74) is -0.205. The summed E-state index contributed by atoms with van der Waals surface area (Å²) in [7, 11) is 1.26. The van der Waals surface area contributed by atoms with Gasteiger partial charge in [0.25, 0.3) is 0 Å². The first kappa shape index (κ1) is 19.0. The molecule has 1 heterocycles. The van der Waals surface area contributed by atoms with Crippen molar-refractivity contribution in [2.75, 3.05) is 7.11 Å². The molecule has 0 saturated heterocycles. The van der Waals surface area contributed by atoms with Crippen molar-refractivity contribution in [3.05, 3.63) is 23.9 Å². The third-order valence-corrected chi connectivity index (χ3v) is 4.26. The fourth-order valence-electron chi connectivity index (χ4n) is 2.71. The lowest BCUT2D eigenvalue weighted by Crippen LogP contribution is -2.54. The number of methoxy groups -OCH3 is 1. The van der Waals surface area contributed by atoms with E-state index in [0.717, 1.165) is 18.4 Å². The van der Waals surface area contributed by atoms with Gasteiger partial charge in [0.05, 0.1) is 7.11 Å². The Bertz CT molecular complexity index is 580. The Kier molecular flexibility index (Phi) is 6.61. The standard InChI is InChI=1S/C18H27N3O4/c1-18(2,21-17(23)24-3)16(22)20-12-13-9-10-15(19-11-13)25-14-7-5-4-6-8-14/h9-11,14H,4-8,12H2,1-3H3,(H,20,22)(H,21,23). The molecule has 0 aliphatic heterocycles. The van der Waals surface area contributed by atoms with E-state index in [2.05, 4.69) is 20.4 Å². The van der Waals surface area contributed by atoms with Gasteiger partial charge >= 0.3 is 6.09 Å². The van der Waals surface area contributed by atoms with Gasteiger partial charge in [0.15, 0.2) is 0 Å². The Balaban J connectivity index is 1.82. The first-order chi connectivity index (χ1) is 11.9. The van der Waals surface area contributed by atoms with E-state index in [0.29, 0.717) is 12.4 Å². The average Bonchev–Trinajstić information content (AvgIpc) is 2.61. The van der Waals surface area contributed by atoms with Gasteiger partial charge < -0.3 is 20.1 Å². The maximum absolute atomic E-state index is 12.2. The number of alkyl carbamates (subject to hydrolysis) is 1. The van der Waals surface area contributed by atoms with Gasteiger partial charge in [-0.2, -0.15) is 0 Å². The number of carbonyl (C=O) groups is 2. The van der Waals surface area contributed by atoms with Crippen molar-refractivity contribution in [1.82, 2.24) is 15.6 Å². The summed E-state index contributed by atoms with van der Waals surface area (Å²) in [6, 6.07) is 3.71. The molecule has 138 valence electrons. The van der Waals surface area contributed by atoms with E-state index in [1.165, 1.54) is 26.4 Å².